The lowest BCUT2D eigenvalue weighted by atomic mass is 9.87. The fourth-order valence-corrected chi connectivity index (χ4v) is 5.73. The van der Waals surface area contributed by atoms with Crippen LogP contribution in [-0.2, 0) is 33.7 Å². The summed E-state index contributed by atoms with van der Waals surface area (Å²) in [7, 11) is 1.45. The lowest BCUT2D eigenvalue weighted by Gasteiger charge is -2.24. The summed E-state index contributed by atoms with van der Waals surface area (Å²) in [6, 6.07) is 11.0. The fourth-order valence-electron chi connectivity index (χ4n) is 4.63. The van der Waals surface area contributed by atoms with E-state index in [-0.39, 0.29) is 31.2 Å². The van der Waals surface area contributed by atoms with Crippen molar-refractivity contribution < 1.29 is 19.1 Å². The zero-order chi connectivity index (χ0) is 27.2. The van der Waals surface area contributed by atoms with Gasteiger partial charge in [-0.3, -0.25) is 24.0 Å². The molecular formula is C27H32N4O6S. The van der Waals surface area contributed by atoms with Crippen LogP contribution in [0.25, 0.3) is 0 Å². The minimum absolute atomic E-state index is 0.0323. The third-order valence-corrected chi connectivity index (χ3v) is 7.99. The molecular weight excluding hydrogens is 508 g/mol. The van der Waals surface area contributed by atoms with Crippen LogP contribution in [0.3, 0.4) is 0 Å². The minimum Gasteiger partial charge on any atom is -0.451 e. The van der Waals surface area contributed by atoms with Crippen LogP contribution in [0.4, 0.5) is 11.5 Å². The first-order valence-corrected chi connectivity index (χ1v) is 13.4. The number of nitrogens with one attached hydrogen (secondary N) is 1. The number of methoxy groups -OCH3 is 1. The lowest BCUT2D eigenvalue weighted by molar-refractivity contribution is -0.121. The SMILES string of the molecule is CC[C@H]1CCc2sc(C(=O)OCC(=O)N(CCOC)c3c(N)n(Cc4ccccc4)c(=O)[nH]c3=O)cc2C1. The number of carbonyl (C=O) groups excluding carboxylic acids is 2. The molecule has 4 rings (SSSR count). The molecule has 0 spiro atoms. The molecule has 38 heavy (non-hydrogen) atoms. The molecule has 3 aromatic rings. The highest BCUT2D eigenvalue weighted by Gasteiger charge is 2.27. The Labute approximate surface area is 224 Å². The van der Waals surface area contributed by atoms with E-state index in [0.29, 0.717) is 10.8 Å². The van der Waals surface area contributed by atoms with E-state index in [1.807, 2.05) is 36.4 Å². The number of thiophene rings is 1. The molecule has 0 fully saturated rings. The first kappa shape index (κ1) is 27.3. The number of nitrogens with two attached hydrogens (primary N) is 1. The van der Waals surface area contributed by atoms with E-state index in [0.717, 1.165) is 36.1 Å². The molecule has 1 aliphatic rings. The van der Waals surface area contributed by atoms with Gasteiger partial charge in [0.2, 0.25) is 0 Å². The van der Waals surface area contributed by atoms with Crippen LogP contribution < -0.4 is 21.9 Å². The number of rotatable bonds is 10. The second kappa shape index (κ2) is 12.2. The summed E-state index contributed by atoms with van der Waals surface area (Å²) in [6.45, 7) is 1.73. The van der Waals surface area contributed by atoms with Crippen molar-refractivity contribution in [1.82, 2.24) is 9.55 Å². The quantitative estimate of drug-likeness (QED) is 0.377. The number of carbonyl (C=O) groups is 2. The Morgan fingerprint density at radius 1 is 1.24 bits per heavy atom. The fraction of sp³-hybridized carbons (Fsp3) is 0.407. The topological polar surface area (TPSA) is 137 Å². The number of hydrogen-bond acceptors (Lipinski definition) is 8. The van der Waals surface area contributed by atoms with E-state index in [1.165, 1.54) is 33.5 Å². The maximum Gasteiger partial charge on any atom is 0.348 e. The molecule has 202 valence electrons. The van der Waals surface area contributed by atoms with Gasteiger partial charge in [0, 0.05) is 18.5 Å². The van der Waals surface area contributed by atoms with Gasteiger partial charge < -0.3 is 15.2 Å². The van der Waals surface area contributed by atoms with Crippen LogP contribution in [0.5, 0.6) is 0 Å². The molecule has 0 radical (unpaired) electrons. The number of aryl methyl sites for hydroxylation is 1. The van der Waals surface area contributed by atoms with Gasteiger partial charge in [0.05, 0.1) is 13.2 Å². The molecule has 0 bridgehead atoms. The van der Waals surface area contributed by atoms with Gasteiger partial charge in [0.1, 0.15) is 10.7 Å². The number of benzene rings is 1. The van der Waals surface area contributed by atoms with Crippen LogP contribution >= 0.6 is 11.3 Å². The number of aromatic nitrogens is 2. The van der Waals surface area contributed by atoms with E-state index in [2.05, 4.69) is 11.9 Å². The van der Waals surface area contributed by atoms with Crippen molar-refractivity contribution in [2.75, 3.05) is 37.5 Å². The van der Waals surface area contributed by atoms with Gasteiger partial charge in [0.15, 0.2) is 12.3 Å². The Bertz CT molecular complexity index is 1410. The third-order valence-electron chi connectivity index (χ3n) is 6.78. The molecule has 1 atom stereocenters. The second-order valence-corrected chi connectivity index (χ2v) is 10.4. The molecule has 10 nitrogen and oxygen atoms in total. The average Bonchev–Trinajstić information content (AvgIpc) is 3.35. The first-order chi connectivity index (χ1) is 18.3. The van der Waals surface area contributed by atoms with Crippen LogP contribution in [0, 0.1) is 5.92 Å². The summed E-state index contributed by atoms with van der Waals surface area (Å²) < 4.78 is 11.6. The van der Waals surface area contributed by atoms with Gasteiger partial charge in [0.25, 0.3) is 11.5 Å². The van der Waals surface area contributed by atoms with Crippen LogP contribution in [-0.4, -0.2) is 48.3 Å². The van der Waals surface area contributed by atoms with Gasteiger partial charge >= 0.3 is 11.7 Å². The van der Waals surface area contributed by atoms with E-state index < -0.39 is 29.7 Å². The zero-order valence-corrected chi connectivity index (χ0v) is 22.3. The summed E-state index contributed by atoms with van der Waals surface area (Å²) in [5.41, 5.74) is 6.52. The first-order valence-electron chi connectivity index (χ1n) is 12.6. The Morgan fingerprint density at radius 3 is 2.71 bits per heavy atom. The molecule has 11 heteroatoms. The summed E-state index contributed by atoms with van der Waals surface area (Å²) >= 11 is 1.40. The number of ether oxygens (including phenoxy) is 2. The monoisotopic (exact) mass is 540 g/mol. The van der Waals surface area contributed by atoms with Crippen molar-refractivity contribution in [3.05, 3.63) is 78.1 Å². The number of nitrogen functional groups attached to an aromatic ring is 1. The Morgan fingerprint density at radius 2 is 2.00 bits per heavy atom. The molecule has 0 unspecified atom stereocenters. The van der Waals surface area contributed by atoms with E-state index in [1.54, 1.807) is 0 Å². The van der Waals surface area contributed by atoms with Crippen molar-refractivity contribution >= 4 is 34.7 Å². The Balaban J connectivity index is 1.54. The summed E-state index contributed by atoms with van der Waals surface area (Å²) in [5.74, 6) is -0.807. The van der Waals surface area contributed by atoms with Gasteiger partial charge in [-0.2, -0.15) is 0 Å². The van der Waals surface area contributed by atoms with Gasteiger partial charge in [-0.15, -0.1) is 11.3 Å². The number of esters is 1. The zero-order valence-electron chi connectivity index (χ0n) is 21.5. The number of H-pyrrole nitrogens is 1. The summed E-state index contributed by atoms with van der Waals surface area (Å²) in [4.78, 5) is 56.3. The van der Waals surface area contributed by atoms with E-state index in [9.17, 15) is 19.2 Å². The van der Waals surface area contributed by atoms with Gasteiger partial charge in [-0.05, 0) is 42.4 Å². The average molecular weight is 541 g/mol. The largest absolute Gasteiger partial charge is 0.451 e. The highest BCUT2D eigenvalue weighted by atomic mass is 32.1. The van der Waals surface area contributed by atoms with Crippen molar-refractivity contribution in [1.29, 1.82) is 0 Å². The number of aromatic amines is 1. The standard InChI is InChI=1S/C27H32N4O6S/c1-3-17-9-10-20-19(13-17)14-21(38-20)26(34)37-16-22(32)30(11-12-36-2)23-24(28)31(27(35)29-25(23)33)15-18-7-5-4-6-8-18/h4-8,14,17H,3,9-13,15-16,28H2,1-2H3,(H,29,33,35)/t17-/m0/s1. The molecule has 3 N–H and O–H groups in total. The molecule has 2 aromatic heterocycles. The Hall–Kier alpha value is -3.70. The molecule has 0 saturated heterocycles. The molecule has 1 aliphatic carbocycles. The normalized spacial score (nSPS) is 14.6. The predicted octanol–water partition coefficient (Wildman–Crippen LogP) is 2.58. The number of fused-ring (bicyclic) bond motifs is 1. The van der Waals surface area contributed by atoms with Crippen LogP contribution in [0.2, 0.25) is 0 Å². The summed E-state index contributed by atoms with van der Waals surface area (Å²) in [6.07, 6.45) is 4.09. The number of hydrogen-bond donors (Lipinski definition) is 2. The van der Waals surface area contributed by atoms with Crippen molar-refractivity contribution in [2.24, 2.45) is 5.92 Å². The second-order valence-electron chi connectivity index (χ2n) is 9.26. The van der Waals surface area contributed by atoms with E-state index >= 15 is 0 Å². The third kappa shape index (κ3) is 6.05. The number of amides is 1. The minimum atomic E-state index is -0.816. The number of nitrogens with zero attached hydrogens (tertiary/aromatic N) is 2. The predicted molar refractivity (Wildman–Crippen MR) is 146 cm³/mol. The van der Waals surface area contributed by atoms with Gasteiger partial charge in [-0.25, -0.2) is 9.59 Å². The maximum atomic E-state index is 13.2. The molecule has 0 saturated carbocycles. The number of anilines is 2. The smallest absolute Gasteiger partial charge is 0.348 e. The molecule has 0 aliphatic heterocycles. The van der Waals surface area contributed by atoms with Crippen molar-refractivity contribution in [3.8, 4) is 0 Å². The van der Waals surface area contributed by atoms with Crippen LogP contribution in [0.1, 0.15) is 45.4 Å². The maximum absolute atomic E-state index is 13.2. The highest BCUT2D eigenvalue weighted by molar-refractivity contribution is 7.14. The van der Waals surface area contributed by atoms with Crippen molar-refractivity contribution in [2.45, 2.75) is 39.2 Å². The van der Waals surface area contributed by atoms with Crippen molar-refractivity contribution in [3.63, 3.8) is 0 Å². The van der Waals surface area contributed by atoms with Gasteiger partial charge in [-0.1, -0.05) is 43.7 Å². The molecule has 1 amide bonds. The van der Waals surface area contributed by atoms with Crippen LogP contribution in [0.15, 0.2) is 46.0 Å². The highest BCUT2D eigenvalue weighted by Crippen LogP contribution is 2.33. The summed E-state index contributed by atoms with van der Waals surface area (Å²) in [5, 5.41) is 0. The Kier molecular flexibility index (Phi) is 8.80. The molecule has 1 aromatic carbocycles. The molecule has 2 heterocycles. The lowest BCUT2D eigenvalue weighted by Crippen LogP contribution is -2.44. The van der Waals surface area contributed by atoms with E-state index in [4.69, 9.17) is 15.2 Å².